The first kappa shape index (κ1) is 14.1. The van der Waals surface area contributed by atoms with Crippen LogP contribution in [0.5, 0.6) is 5.75 Å². The van der Waals surface area contributed by atoms with Gasteiger partial charge in [0.2, 0.25) is 5.91 Å². The zero-order valence-electron chi connectivity index (χ0n) is 11.6. The molecular formula is C15H19N3O2. The molecule has 2 rings (SSSR count). The van der Waals surface area contributed by atoms with Crippen molar-refractivity contribution in [2.45, 2.75) is 19.3 Å². The first-order valence-corrected chi connectivity index (χ1v) is 6.65. The number of rotatable bonds is 7. The molecule has 5 heteroatoms. The smallest absolute Gasteiger partial charge is 0.220 e. The molecule has 0 bridgehead atoms. The zero-order valence-corrected chi connectivity index (χ0v) is 11.6. The molecule has 5 nitrogen and oxygen atoms in total. The summed E-state index contributed by atoms with van der Waals surface area (Å²) in [6.45, 7) is 0.647. The van der Waals surface area contributed by atoms with Gasteiger partial charge in [0.05, 0.1) is 13.4 Å². The Balaban J connectivity index is 1.65. The SMILES string of the molecule is COc1ccc(CCNC(=O)CCc2cnc[nH]2)cc1. The van der Waals surface area contributed by atoms with Gasteiger partial charge >= 0.3 is 0 Å². The van der Waals surface area contributed by atoms with Crippen LogP contribution in [0.3, 0.4) is 0 Å². The number of hydrogen-bond donors (Lipinski definition) is 2. The van der Waals surface area contributed by atoms with Crippen LogP contribution in [-0.2, 0) is 17.6 Å². The highest BCUT2D eigenvalue weighted by atomic mass is 16.5. The Morgan fingerprint density at radius 1 is 1.30 bits per heavy atom. The summed E-state index contributed by atoms with van der Waals surface area (Å²) in [4.78, 5) is 18.6. The lowest BCUT2D eigenvalue weighted by Gasteiger charge is -2.06. The first-order valence-electron chi connectivity index (χ1n) is 6.65. The average molecular weight is 273 g/mol. The van der Waals surface area contributed by atoms with Crippen molar-refractivity contribution < 1.29 is 9.53 Å². The van der Waals surface area contributed by atoms with Crippen LogP contribution in [0.15, 0.2) is 36.8 Å². The van der Waals surface area contributed by atoms with Gasteiger partial charge in [-0.15, -0.1) is 0 Å². The van der Waals surface area contributed by atoms with E-state index in [-0.39, 0.29) is 5.91 Å². The lowest BCUT2D eigenvalue weighted by Crippen LogP contribution is -2.25. The molecule has 2 aromatic rings. The summed E-state index contributed by atoms with van der Waals surface area (Å²) in [5, 5.41) is 2.92. The molecule has 0 aliphatic rings. The predicted molar refractivity (Wildman–Crippen MR) is 76.6 cm³/mol. The van der Waals surface area contributed by atoms with Crippen molar-refractivity contribution >= 4 is 5.91 Å². The van der Waals surface area contributed by atoms with Crippen LogP contribution in [0.25, 0.3) is 0 Å². The third kappa shape index (κ3) is 4.42. The number of carbonyl (C=O) groups excluding carboxylic acids is 1. The number of aromatic nitrogens is 2. The summed E-state index contributed by atoms with van der Waals surface area (Å²) in [6, 6.07) is 7.87. The number of nitrogens with one attached hydrogen (secondary N) is 2. The van der Waals surface area contributed by atoms with Crippen LogP contribution >= 0.6 is 0 Å². The molecule has 0 saturated carbocycles. The molecule has 0 aliphatic heterocycles. The third-order valence-corrected chi connectivity index (χ3v) is 3.07. The van der Waals surface area contributed by atoms with Gasteiger partial charge in [-0.3, -0.25) is 4.79 Å². The van der Waals surface area contributed by atoms with E-state index < -0.39 is 0 Å². The van der Waals surface area contributed by atoms with Crippen LogP contribution in [0.2, 0.25) is 0 Å². The van der Waals surface area contributed by atoms with Crippen molar-refractivity contribution in [2.75, 3.05) is 13.7 Å². The van der Waals surface area contributed by atoms with E-state index in [1.54, 1.807) is 19.6 Å². The normalized spacial score (nSPS) is 10.2. The second-order valence-corrected chi connectivity index (χ2v) is 4.52. The summed E-state index contributed by atoms with van der Waals surface area (Å²) >= 11 is 0. The van der Waals surface area contributed by atoms with Gasteiger partial charge in [-0.1, -0.05) is 12.1 Å². The highest BCUT2D eigenvalue weighted by Gasteiger charge is 2.03. The Morgan fingerprint density at radius 2 is 2.10 bits per heavy atom. The van der Waals surface area contributed by atoms with E-state index in [1.165, 1.54) is 5.56 Å². The van der Waals surface area contributed by atoms with E-state index in [4.69, 9.17) is 4.74 Å². The number of nitrogens with zero attached hydrogens (tertiary/aromatic N) is 1. The molecule has 0 aliphatic carbocycles. The van der Waals surface area contributed by atoms with Gasteiger partial charge in [0.25, 0.3) is 0 Å². The van der Waals surface area contributed by atoms with Crippen molar-refractivity contribution in [3.05, 3.63) is 48.0 Å². The van der Waals surface area contributed by atoms with Gasteiger partial charge in [0.1, 0.15) is 5.75 Å². The molecular weight excluding hydrogens is 254 g/mol. The standard InChI is InChI=1S/C15H19N3O2/c1-20-14-5-2-12(3-6-14)8-9-17-15(19)7-4-13-10-16-11-18-13/h2-3,5-6,10-11H,4,7-9H2,1H3,(H,16,18)(H,17,19). The minimum Gasteiger partial charge on any atom is -0.497 e. The maximum Gasteiger partial charge on any atom is 0.220 e. The van der Waals surface area contributed by atoms with Gasteiger partial charge in [-0.05, 0) is 30.5 Å². The van der Waals surface area contributed by atoms with Crippen molar-refractivity contribution in [2.24, 2.45) is 0 Å². The molecule has 0 atom stereocenters. The molecule has 2 N–H and O–H groups in total. The maximum absolute atomic E-state index is 11.7. The van der Waals surface area contributed by atoms with Gasteiger partial charge < -0.3 is 15.0 Å². The largest absolute Gasteiger partial charge is 0.497 e. The van der Waals surface area contributed by atoms with Crippen LogP contribution in [-0.4, -0.2) is 29.5 Å². The predicted octanol–water partition coefficient (Wildman–Crippen LogP) is 1.71. The Morgan fingerprint density at radius 3 is 2.75 bits per heavy atom. The number of benzene rings is 1. The molecule has 0 radical (unpaired) electrons. The Bertz CT molecular complexity index is 521. The zero-order chi connectivity index (χ0) is 14.2. The minimum absolute atomic E-state index is 0.0631. The number of aromatic amines is 1. The molecule has 106 valence electrons. The van der Waals surface area contributed by atoms with Gasteiger partial charge in [0, 0.05) is 24.9 Å². The van der Waals surface area contributed by atoms with Crippen LogP contribution < -0.4 is 10.1 Å². The number of aryl methyl sites for hydroxylation is 1. The fourth-order valence-electron chi connectivity index (χ4n) is 1.90. The Labute approximate surface area is 118 Å². The van der Waals surface area contributed by atoms with E-state index >= 15 is 0 Å². The molecule has 0 spiro atoms. The molecule has 20 heavy (non-hydrogen) atoms. The highest BCUT2D eigenvalue weighted by Crippen LogP contribution is 2.11. The molecule has 0 unspecified atom stereocenters. The average Bonchev–Trinajstić information content (AvgIpc) is 2.99. The van der Waals surface area contributed by atoms with Crippen molar-refractivity contribution in [3.63, 3.8) is 0 Å². The second-order valence-electron chi connectivity index (χ2n) is 4.52. The molecule has 1 heterocycles. The van der Waals surface area contributed by atoms with Crippen LogP contribution in [0.4, 0.5) is 0 Å². The van der Waals surface area contributed by atoms with Gasteiger partial charge in [-0.2, -0.15) is 0 Å². The third-order valence-electron chi connectivity index (χ3n) is 3.07. The van der Waals surface area contributed by atoms with E-state index in [9.17, 15) is 4.79 Å². The minimum atomic E-state index is 0.0631. The monoisotopic (exact) mass is 273 g/mol. The van der Waals surface area contributed by atoms with Crippen LogP contribution in [0, 0.1) is 0 Å². The molecule has 0 saturated heterocycles. The Kier molecular flexibility index (Phi) is 5.17. The number of hydrogen-bond acceptors (Lipinski definition) is 3. The number of H-pyrrole nitrogens is 1. The van der Waals surface area contributed by atoms with E-state index in [0.717, 1.165) is 17.9 Å². The van der Waals surface area contributed by atoms with E-state index in [2.05, 4.69) is 15.3 Å². The summed E-state index contributed by atoms with van der Waals surface area (Å²) in [6.07, 6.45) is 5.35. The maximum atomic E-state index is 11.7. The van der Waals surface area contributed by atoms with Crippen molar-refractivity contribution in [3.8, 4) is 5.75 Å². The lowest BCUT2D eigenvalue weighted by atomic mass is 10.1. The number of amides is 1. The van der Waals surface area contributed by atoms with E-state index in [0.29, 0.717) is 19.4 Å². The quantitative estimate of drug-likeness (QED) is 0.807. The first-order chi connectivity index (χ1) is 9.78. The van der Waals surface area contributed by atoms with E-state index in [1.807, 2.05) is 24.3 Å². The lowest BCUT2D eigenvalue weighted by molar-refractivity contribution is -0.121. The number of ether oxygens (including phenoxy) is 1. The molecule has 1 aromatic carbocycles. The van der Waals surface area contributed by atoms with Crippen LogP contribution in [0.1, 0.15) is 17.7 Å². The molecule has 0 fully saturated rings. The summed E-state index contributed by atoms with van der Waals surface area (Å²) in [5.74, 6) is 0.908. The molecule has 1 aromatic heterocycles. The van der Waals surface area contributed by atoms with Crippen molar-refractivity contribution in [1.29, 1.82) is 0 Å². The molecule has 1 amide bonds. The highest BCUT2D eigenvalue weighted by molar-refractivity contribution is 5.76. The van der Waals surface area contributed by atoms with Gasteiger partial charge in [0.15, 0.2) is 0 Å². The number of methoxy groups -OCH3 is 1. The topological polar surface area (TPSA) is 67.0 Å². The fraction of sp³-hybridized carbons (Fsp3) is 0.333. The summed E-state index contributed by atoms with van der Waals surface area (Å²) in [7, 11) is 1.65. The van der Waals surface area contributed by atoms with Gasteiger partial charge in [-0.25, -0.2) is 4.98 Å². The Hall–Kier alpha value is -2.30. The number of carbonyl (C=O) groups is 1. The summed E-state index contributed by atoms with van der Waals surface area (Å²) in [5.41, 5.74) is 2.16. The van der Waals surface area contributed by atoms with Crippen molar-refractivity contribution in [1.82, 2.24) is 15.3 Å². The fourth-order valence-corrected chi connectivity index (χ4v) is 1.90. The number of imidazole rings is 1. The summed E-state index contributed by atoms with van der Waals surface area (Å²) < 4.78 is 5.10. The second kappa shape index (κ2) is 7.33.